The molecule has 0 unspecified atom stereocenters. The van der Waals surface area contributed by atoms with Gasteiger partial charge in [0.15, 0.2) is 5.65 Å². The van der Waals surface area contributed by atoms with Crippen molar-refractivity contribution in [2.45, 2.75) is 53.0 Å². The minimum absolute atomic E-state index is 0.0215. The molecule has 166 valence electrons. The first-order valence-electron chi connectivity index (χ1n) is 11.1. The Kier molecular flexibility index (Phi) is 5.82. The summed E-state index contributed by atoms with van der Waals surface area (Å²) in [5.74, 6) is 0.415. The Morgan fingerprint density at radius 1 is 1.16 bits per heavy atom. The van der Waals surface area contributed by atoms with Crippen LogP contribution in [0.2, 0.25) is 0 Å². The average molecular weight is 431 g/mol. The minimum atomic E-state index is 0.0215. The van der Waals surface area contributed by atoms with E-state index < -0.39 is 0 Å². The molecule has 1 atom stereocenters. The molecule has 4 rings (SSSR count). The third-order valence-corrected chi connectivity index (χ3v) is 6.17. The number of pyridine rings is 1. The van der Waals surface area contributed by atoms with E-state index >= 15 is 0 Å². The van der Waals surface area contributed by atoms with Crippen molar-refractivity contribution in [1.29, 1.82) is 0 Å². The summed E-state index contributed by atoms with van der Waals surface area (Å²) in [7, 11) is 1.86. The second-order valence-corrected chi connectivity index (χ2v) is 8.61. The van der Waals surface area contributed by atoms with Gasteiger partial charge in [0.1, 0.15) is 6.33 Å². The van der Waals surface area contributed by atoms with Crippen LogP contribution in [0.1, 0.15) is 62.8 Å². The number of hydrogen-bond donors (Lipinski definition) is 1. The molecule has 0 aliphatic heterocycles. The van der Waals surface area contributed by atoms with Crippen molar-refractivity contribution in [2.75, 3.05) is 7.05 Å². The van der Waals surface area contributed by atoms with Gasteiger partial charge in [-0.3, -0.25) is 9.89 Å². The number of fused-ring (bicyclic) bond motifs is 1. The van der Waals surface area contributed by atoms with Crippen LogP contribution in [0.25, 0.3) is 28.2 Å². The zero-order valence-corrected chi connectivity index (χ0v) is 19.5. The average Bonchev–Trinajstić information content (AvgIpc) is 3.45. The zero-order chi connectivity index (χ0) is 23.0. The van der Waals surface area contributed by atoms with Gasteiger partial charge in [-0.15, -0.1) is 0 Å². The van der Waals surface area contributed by atoms with E-state index in [-0.39, 0.29) is 17.9 Å². The molecule has 0 aliphatic carbocycles. The fourth-order valence-electron chi connectivity index (χ4n) is 4.19. The topological polar surface area (TPSA) is 79.2 Å². The molecule has 0 spiro atoms. The van der Waals surface area contributed by atoms with Gasteiger partial charge in [0.05, 0.1) is 17.4 Å². The fourth-order valence-corrected chi connectivity index (χ4v) is 4.19. The third-order valence-electron chi connectivity index (χ3n) is 6.17. The Balaban J connectivity index is 1.72. The first-order valence-corrected chi connectivity index (χ1v) is 11.1. The SMILES string of the molecule is CCC(=O)N(C)[C@@H](C)c1ccc(-c2n[nH]c(-c3cc(C)c4ncnn4c3)c2C(C)C)cc1. The maximum Gasteiger partial charge on any atom is 0.222 e. The van der Waals surface area contributed by atoms with Crippen molar-refractivity contribution < 1.29 is 4.79 Å². The van der Waals surface area contributed by atoms with Crippen LogP contribution in [0.15, 0.2) is 42.9 Å². The van der Waals surface area contributed by atoms with Crippen molar-refractivity contribution in [3.8, 4) is 22.5 Å². The van der Waals surface area contributed by atoms with E-state index in [0.29, 0.717) is 6.42 Å². The number of rotatable bonds is 6. The van der Waals surface area contributed by atoms with Gasteiger partial charge in [-0.25, -0.2) is 9.50 Å². The third kappa shape index (κ3) is 3.79. The summed E-state index contributed by atoms with van der Waals surface area (Å²) in [6.07, 6.45) is 4.07. The molecule has 1 amide bonds. The highest BCUT2D eigenvalue weighted by atomic mass is 16.2. The van der Waals surface area contributed by atoms with Gasteiger partial charge in [-0.05, 0) is 37.0 Å². The highest BCUT2D eigenvalue weighted by Crippen LogP contribution is 2.36. The normalized spacial score (nSPS) is 12.5. The lowest BCUT2D eigenvalue weighted by Gasteiger charge is -2.25. The molecular weight excluding hydrogens is 400 g/mol. The standard InChI is InChI=1S/C25H30N6O/c1-7-21(32)30(6)17(5)18-8-10-19(11-9-18)23-22(15(2)3)24(29-28-23)20-12-16(4)25-26-14-27-31(25)13-20/h8-15,17H,7H2,1-6H3,(H,28,29)/t17-/m0/s1. The van der Waals surface area contributed by atoms with E-state index in [4.69, 9.17) is 5.10 Å². The van der Waals surface area contributed by atoms with Crippen LogP contribution < -0.4 is 0 Å². The highest BCUT2D eigenvalue weighted by molar-refractivity contribution is 5.77. The van der Waals surface area contributed by atoms with E-state index in [1.807, 2.05) is 27.1 Å². The number of aryl methyl sites for hydroxylation is 1. The molecule has 0 aliphatic rings. The Labute approximate surface area is 188 Å². The van der Waals surface area contributed by atoms with Crippen LogP contribution in [0.5, 0.6) is 0 Å². The molecule has 1 aromatic carbocycles. The summed E-state index contributed by atoms with van der Waals surface area (Å²) in [5.41, 5.74) is 8.23. The second kappa shape index (κ2) is 8.57. The van der Waals surface area contributed by atoms with Crippen LogP contribution in [0, 0.1) is 6.92 Å². The molecule has 0 saturated heterocycles. The summed E-state index contributed by atoms with van der Waals surface area (Å²) in [5, 5.41) is 12.3. The molecule has 3 heterocycles. The number of hydrogen-bond acceptors (Lipinski definition) is 4. The number of benzene rings is 1. The van der Waals surface area contributed by atoms with E-state index in [2.05, 4.69) is 66.3 Å². The van der Waals surface area contributed by atoms with E-state index in [0.717, 1.165) is 39.3 Å². The molecule has 0 radical (unpaired) electrons. The molecule has 0 saturated carbocycles. The van der Waals surface area contributed by atoms with Crippen molar-refractivity contribution in [3.63, 3.8) is 0 Å². The first kappa shape index (κ1) is 21.7. The maximum atomic E-state index is 12.1. The Morgan fingerprint density at radius 3 is 2.53 bits per heavy atom. The van der Waals surface area contributed by atoms with E-state index in [1.165, 1.54) is 5.56 Å². The number of H-pyrrole nitrogens is 1. The predicted molar refractivity (Wildman–Crippen MR) is 126 cm³/mol. The molecule has 4 aromatic rings. The van der Waals surface area contributed by atoms with Gasteiger partial charge >= 0.3 is 0 Å². The lowest BCUT2D eigenvalue weighted by Crippen LogP contribution is -2.28. The molecule has 3 aromatic heterocycles. The number of aromatic amines is 1. The molecule has 0 fully saturated rings. The van der Waals surface area contributed by atoms with Crippen LogP contribution >= 0.6 is 0 Å². The maximum absolute atomic E-state index is 12.1. The summed E-state index contributed by atoms with van der Waals surface area (Å²) in [6.45, 7) is 10.3. The van der Waals surface area contributed by atoms with Crippen LogP contribution in [0.3, 0.4) is 0 Å². The van der Waals surface area contributed by atoms with Crippen LogP contribution in [0.4, 0.5) is 0 Å². The van der Waals surface area contributed by atoms with E-state index in [1.54, 1.807) is 15.7 Å². The van der Waals surface area contributed by atoms with Crippen molar-refractivity contribution in [2.24, 2.45) is 0 Å². The first-order chi connectivity index (χ1) is 15.3. The Bertz CT molecular complexity index is 1250. The van der Waals surface area contributed by atoms with Gasteiger partial charge in [0.25, 0.3) is 0 Å². The fraction of sp³-hybridized carbons (Fsp3) is 0.360. The summed E-state index contributed by atoms with van der Waals surface area (Å²) in [6, 6.07) is 10.5. The summed E-state index contributed by atoms with van der Waals surface area (Å²) < 4.78 is 1.81. The van der Waals surface area contributed by atoms with Gasteiger partial charge < -0.3 is 4.90 Å². The highest BCUT2D eigenvalue weighted by Gasteiger charge is 2.21. The molecule has 1 N–H and O–H groups in total. The van der Waals surface area contributed by atoms with Crippen molar-refractivity contribution in [1.82, 2.24) is 29.7 Å². The lowest BCUT2D eigenvalue weighted by atomic mass is 9.93. The number of aromatic nitrogens is 5. The quantitative estimate of drug-likeness (QED) is 0.459. The van der Waals surface area contributed by atoms with Gasteiger partial charge in [-0.1, -0.05) is 45.0 Å². The van der Waals surface area contributed by atoms with Crippen molar-refractivity contribution in [3.05, 3.63) is 59.5 Å². The predicted octanol–water partition coefficient (Wildman–Crippen LogP) is 5.15. The Morgan fingerprint density at radius 2 is 1.88 bits per heavy atom. The summed E-state index contributed by atoms with van der Waals surface area (Å²) in [4.78, 5) is 18.2. The Hall–Kier alpha value is -3.48. The second-order valence-electron chi connectivity index (χ2n) is 8.61. The number of carbonyl (C=O) groups excluding carboxylic acids is 1. The summed E-state index contributed by atoms with van der Waals surface area (Å²) >= 11 is 0. The molecule has 7 heteroatoms. The minimum Gasteiger partial charge on any atom is -0.339 e. The van der Waals surface area contributed by atoms with Crippen LogP contribution in [-0.2, 0) is 4.79 Å². The number of nitrogens with one attached hydrogen (secondary N) is 1. The van der Waals surface area contributed by atoms with Crippen LogP contribution in [-0.4, -0.2) is 42.7 Å². The molecule has 0 bridgehead atoms. The van der Waals surface area contributed by atoms with Gasteiger partial charge in [0.2, 0.25) is 5.91 Å². The number of carbonyl (C=O) groups is 1. The number of nitrogens with zero attached hydrogens (tertiary/aromatic N) is 5. The van der Waals surface area contributed by atoms with Gasteiger partial charge in [-0.2, -0.15) is 10.2 Å². The van der Waals surface area contributed by atoms with Gasteiger partial charge in [0, 0.05) is 36.4 Å². The van der Waals surface area contributed by atoms with Crippen molar-refractivity contribution >= 4 is 11.6 Å². The lowest BCUT2D eigenvalue weighted by molar-refractivity contribution is -0.131. The molecular formula is C25H30N6O. The monoisotopic (exact) mass is 430 g/mol. The molecule has 32 heavy (non-hydrogen) atoms. The largest absolute Gasteiger partial charge is 0.339 e. The smallest absolute Gasteiger partial charge is 0.222 e. The van der Waals surface area contributed by atoms with E-state index in [9.17, 15) is 4.79 Å². The number of amides is 1. The zero-order valence-electron chi connectivity index (χ0n) is 19.5. The molecule has 7 nitrogen and oxygen atoms in total.